The molecule has 0 aliphatic carbocycles. The quantitative estimate of drug-likeness (QED) is 0.289. The van der Waals surface area contributed by atoms with Gasteiger partial charge < -0.3 is 14.7 Å². The van der Waals surface area contributed by atoms with Crippen LogP contribution in [0.3, 0.4) is 0 Å². The lowest BCUT2D eigenvalue weighted by Gasteiger charge is -2.34. The Labute approximate surface area is 250 Å². The number of hydrogen-bond acceptors (Lipinski definition) is 5. The maximum absolute atomic E-state index is 14.2. The van der Waals surface area contributed by atoms with Crippen LogP contribution in [0.2, 0.25) is 0 Å². The van der Waals surface area contributed by atoms with E-state index in [9.17, 15) is 14.4 Å². The average molecular weight is 574 g/mol. The molecule has 1 aromatic heterocycles. The number of nitrogens with one attached hydrogen (secondary N) is 1. The first-order valence-corrected chi connectivity index (χ1v) is 14.7. The molecular formula is C35H35N5O3. The summed E-state index contributed by atoms with van der Waals surface area (Å²) in [6.07, 6.45) is 1.76. The van der Waals surface area contributed by atoms with Crippen molar-refractivity contribution < 1.29 is 9.59 Å². The van der Waals surface area contributed by atoms with Gasteiger partial charge in [0.05, 0.1) is 10.9 Å². The summed E-state index contributed by atoms with van der Waals surface area (Å²) in [6.45, 7) is 1.02. The fourth-order valence-corrected chi connectivity index (χ4v) is 6.04. The summed E-state index contributed by atoms with van der Waals surface area (Å²) in [7, 11) is 3.50. The second-order valence-corrected chi connectivity index (χ2v) is 11.3. The van der Waals surface area contributed by atoms with Crippen molar-refractivity contribution in [3.05, 3.63) is 119 Å². The summed E-state index contributed by atoms with van der Waals surface area (Å²) in [4.78, 5) is 53.8. The summed E-state index contributed by atoms with van der Waals surface area (Å²) in [5.74, 6) is 0.0850. The van der Waals surface area contributed by atoms with Gasteiger partial charge in [0.15, 0.2) is 0 Å². The maximum Gasteiger partial charge on any atom is 0.260 e. The molecule has 1 fully saturated rings. The van der Waals surface area contributed by atoms with Gasteiger partial charge in [0.25, 0.3) is 5.56 Å². The van der Waals surface area contributed by atoms with Crippen molar-refractivity contribution in [1.29, 1.82) is 0 Å². The number of aromatic nitrogens is 2. The predicted molar refractivity (Wildman–Crippen MR) is 170 cm³/mol. The average Bonchev–Trinajstić information content (AvgIpc) is 3.53. The second kappa shape index (κ2) is 12.1. The molecule has 8 heteroatoms. The summed E-state index contributed by atoms with van der Waals surface area (Å²) < 4.78 is 0. The molecule has 1 N–H and O–H groups in total. The normalized spacial score (nSPS) is 15.5. The van der Waals surface area contributed by atoms with Crippen LogP contribution in [0.25, 0.3) is 21.7 Å². The number of nitrogens with zero attached hydrogens (tertiary/aromatic N) is 4. The molecule has 2 heterocycles. The molecule has 2 atom stereocenters. The van der Waals surface area contributed by atoms with Gasteiger partial charge in [-0.25, -0.2) is 4.98 Å². The van der Waals surface area contributed by atoms with Crippen molar-refractivity contribution in [2.45, 2.75) is 37.9 Å². The number of carbonyl (C=O) groups excluding carboxylic acids is 2. The van der Waals surface area contributed by atoms with Crippen molar-refractivity contribution in [2.75, 3.05) is 25.5 Å². The molecule has 1 aliphatic rings. The van der Waals surface area contributed by atoms with E-state index in [0.29, 0.717) is 42.8 Å². The van der Waals surface area contributed by atoms with Crippen molar-refractivity contribution in [3.63, 3.8) is 0 Å². The molecule has 0 saturated carbocycles. The predicted octanol–water partition coefficient (Wildman–Crippen LogP) is 4.77. The largest absolute Gasteiger partial charge is 0.340 e. The molecule has 2 amide bonds. The van der Waals surface area contributed by atoms with Crippen LogP contribution in [0, 0.1) is 0 Å². The lowest BCUT2D eigenvalue weighted by molar-refractivity contribution is -0.144. The Bertz CT molecular complexity index is 1840. The van der Waals surface area contributed by atoms with Gasteiger partial charge in [0.1, 0.15) is 12.1 Å². The number of aromatic amines is 1. The topological polar surface area (TPSA) is 89.6 Å². The number of amides is 2. The minimum absolute atomic E-state index is 0.130. The molecular weight excluding hydrogens is 538 g/mol. The first-order chi connectivity index (χ1) is 20.9. The van der Waals surface area contributed by atoms with Gasteiger partial charge in [-0.1, -0.05) is 84.9 Å². The van der Waals surface area contributed by atoms with Crippen molar-refractivity contribution in [1.82, 2.24) is 19.8 Å². The number of hydrogen-bond donors (Lipinski definition) is 1. The Morgan fingerprint density at radius 2 is 1.63 bits per heavy atom. The molecule has 4 aromatic carbocycles. The third kappa shape index (κ3) is 5.86. The number of carbonyl (C=O) groups is 2. The summed E-state index contributed by atoms with van der Waals surface area (Å²) in [5.41, 5.74) is 2.34. The van der Waals surface area contributed by atoms with E-state index in [1.165, 1.54) is 0 Å². The molecule has 218 valence electrons. The van der Waals surface area contributed by atoms with Crippen LogP contribution < -0.4 is 10.5 Å². The number of H-pyrrole nitrogens is 1. The van der Waals surface area contributed by atoms with E-state index < -0.39 is 12.1 Å². The SMILES string of the molecule is CN(Cc1ccccc1)C(=O)C(Cc1ccc2ccccc2c1)N(C)C(=O)[C@@H]1CCCN1c1nc2ccccc2c(=O)[nH]1. The molecule has 0 radical (unpaired) electrons. The highest BCUT2D eigenvalue weighted by molar-refractivity contribution is 5.92. The smallest absolute Gasteiger partial charge is 0.260 e. The number of likely N-dealkylation sites (N-methyl/N-ethyl adjacent to an activating group) is 2. The van der Waals surface area contributed by atoms with Crippen LogP contribution in [-0.2, 0) is 22.6 Å². The molecule has 0 spiro atoms. The highest BCUT2D eigenvalue weighted by Gasteiger charge is 2.38. The zero-order chi connectivity index (χ0) is 29.9. The van der Waals surface area contributed by atoms with Gasteiger partial charge in [0.2, 0.25) is 17.8 Å². The highest BCUT2D eigenvalue weighted by Crippen LogP contribution is 2.26. The highest BCUT2D eigenvalue weighted by atomic mass is 16.2. The van der Waals surface area contributed by atoms with Gasteiger partial charge in [-0.15, -0.1) is 0 Å². The van der Waals surface area contributed by atoms with E-state index in [2.05, 4.69) is 34.2 Å². The minimum atomic E-state index is -0.714. The summed E-state index contributed by atoms with van der Waals surface area (Å²) >= 11 is 0. The number of rotatable bonds is 8. The number of anilines is 1. The van der Waals surface area contributed by atoms with Crippen LogP contribution in [0.4, 0.5) is 5.95 Å². The number of fused-ring (bicyclic) bond motifs is 2. The molecule has 8 nitrogen and oxygen atoms in total. The van der Waals surface area contributed by atoms with Crippen molar-refractivity contribution in [2.24, 2.45) is 0 Å². The molecule has 6 rings (SSSR count). The molecule has 1 saturated heterocycles. The van der Waals surface area contributed by atoms with Gasteiger partial charge >= 0.3 is 0 Å². The van der Waals surface area contributed by atoms with Crippen LogP contribution >= 0.6 is 0 Å². The standard InChI is InChI=1S/C35H35N5O3/c1-38(23-24-11-4-3-5-12-24)33(42)31(22-25-18-19-26-13-6-7-14-27(26)21-25)39(2)34(43)30-17-10-20-40(30)35-36-29-16-9-8-15-28(29)32(41)37-35/h3-9,11-16,18-19,21,30-31H,10,17,20,22-23H2,1-2H3,(H,36,37,41)/t30-,31?/m0/s1. The molecule has 1 unspecified atom stereocenters. The van der Waals surface area contributed by atoms with Crippen LogP contribution in [0.1, 0.15) is 24.0 Å². The first-order valence-electron chi connectivity index (χ1n) is 14.7. The maximum atomic E-state index is 14.2. The lowest BCUT2D eigenvalue weighted by Crippen LogP contribution is -2.54. The van der Waals surface area contributed by atoms with Crippen molar-refractivity contribution >= 4 is 39.4 Å². The Balaban J connectivity index is 1.30. The second-order valence-electron chi connectivity index (χ2n) is 11.3. The van der Waals surface area contributed by atoms with E-state index in [-0.39, 0.29) is 17.4 Å². The fraction of sp³-hybridized carbons (Fsp3) is 0.257. The zero-order valence-corrected chi connectivity index (χ0v) is 24.4. The zero-order valence-electron chi connectivity index (χ0n) is 24.4. The van der Waals surface area contributed by atoms with E-state index in [1.54, 1.807) is 42.1 Å². The number of para-hydroxylation sites is 1. The fourth-order valence-electron chi connectivity index (χ4n) is 6.04. The Morgan fingerprint density at radius 3 is 2.44 bits per heavy atom. The Morgan fingerprint density at radius 1 is 0.907 bits per heavy atom. The molecule has 5 aromatic rings. The molecule has 1 aliphatic heterocycles. The van der Waals surface area contributed by atoms with E-state index in [0.717, 1.165) is 28.3 Å². The van der Waals surface area contributed by atoms with Crippen LogP contribution in [0.15, 0.2) is 102 Å². The Hall–Kier alpha value is -4.98. The third-order valence-electron chi connectivity index (χ3n) is 8.39. The third-order valence-corrected chi connectivity index (χ3v) is 8.39. The monoisotopic (exact) mass is 573 g/mol. The lowest BCUT2D eigenvalue weighted by atomic mass is 9.99. The van der Waals surface area contributed by atoms with E-state index >= 15 is 0 Å². The van der Waals surface area contributed by atoms with Crippen LogP contribution in [0.5, 0.6) is 0 Å². The Kier molecular flexibility index (Phi) is 7.92. The number of benzene rings is 4. The van der Waals surface area contributed by atoms with Gasteiger partial charge in [-0.2, -0.15) is 0 Å². The van der Waals surface area contributed by atoms with Crippen LogP contribution in [-0.4, -0.2) is 64.3 Å². The summed E-state index contributed by atoms with van der Waals surface area (Å²) in [6, 6.07) is 30.1. The van der Waals surface area contributed by atoms with E-state index in [4.69, 9.17) is 0 Å². The first kappa shape index (κ1) is 28.2. The minimum Gasteiger partial charge on any atom is -0.340 e. The molecule has 43 heavy (non-hydrogen) atoms. The van der Waals surface area contributed by atoms with Gasteiger partial charge in [-0.05, 0) is 46.9 Å². The molecule has 0 bridgehead atoms. The van der Waals surface area contributed by atoms with Crippen molar-refractivity contribution in [3.8, 4) is 0 Å². The van der Waals surface area contributed by atoms with Gasteiger partial charge in [-0.3, -0.25) is 19.4 Å². The summed E-state index contributed by atoms with van der Waals surface area (Å²) in [5, 5.41) is 2.72. The van der Waals surface area contributed by atoms with Gasteiger partial charge in [0, 0.05) is 33.6 Å². The van der Waals surface area contributed by atoms with E-state index in [1.807, 2.05) is 59.5 Å².